The lowest BCUT2D eigenvalue weighted by atomic mass is 10.1. The smallest absolute Gasteiger partial charge is 0.160 e. The van der Waals surface area contributed by atoms with Gasteiger partial charge in [-0.25, -0.2) is 4.98 Å². The SMILES string of the molecule is COc1ccc(CCNc2ccc(N)c(N)n2)cc1OC. The summed E-state index contributed by atoms with van der Waals surface area (Å²) in [5.41, 5.74) is 12.9. The standard InChI is InChI=1S/C15H20N4O2/c1-20-12-5-3-10(9-13(12)21-2)7-8-18-14-6-4-11(16)15(17)19-14/h3-6,9H,7-8,16H2,1-2H3,(H3,17,18,19). The highest BCUT2D eigenvalue weighted by Crippen LogP contribution is 2.27. The summed E-state index contributed by atoms with van der Waals surface area (Å²) in [5, 5.41) is 3.21. The molecule has 5 N–H and O–H groups in total. The number of methoxy groups -OCH3 is 2. The van der Waals surface area contributed by atoms with Gasteiger partial charge in [-0.15, -0.1) is 0 Å². The van der Waals surface area contributed by atoms with Gasteiger partial charge in [0.2, 0.25) is 0 Å². The first-order valence-electron chi connectivity index (χ1n) is 6.61. The molecule has 1 aromatic carbocycles. The Labute approximate surface area is 124 Å². The van der Waals surface area contributed by atoms with Crippen LogP contribution in [0.2, 0.25) is 0 Å². The van der Waals surface area contributed by atoms with Crippen molar-refractivity contribution in [3.8, 4) is 11.5 Å². The first kappa shape index (κ1) is 14.8. The lowest BCUT2D eigenvalue weighted by Crippen LogP contribution is -2.08. The Kier molecular flexibility index (Phi) is 4.71. The fraction of sp³-hybridized carbons (Fsp3) is 0.267. The van der Waals surface area contributed by atoms with Crippen LogP contribution in [-0.4, -0.2) is 25.7 Å². The van der Waals surface area contributed by atoms with E-state index < -0.39 is 0 Å². The summed E-state index contributed by atoms with van der Waals surface area (Å²) in [6.07, 6.45) is 0.826. The zero-order valence-electron chi connectivity index (χ0n) is 12.2. The van der Waals surface area contributed by atoms with E-state index in [-0.39, 0.29) is 0 Å². The zero-order valence-corrected chi connectivity index (χ0v) is 12.2. The van der Waals surface area contributed by atoms with Gasteiger partial charge in [-0.1, -0.05) is 6.07 Å². The van der Waals surface area contributed by atoms with Crippen LogP contribution in [0, 0.1) is 0 Å². The fourth-order valence-electron chi connectivity index (χ4n) is 1.96. The minimum absolute atomic E-state index is 0.339. The van der Waals surface area contributed by atoms with Gasteiger partial charge < -0.3 is 26.3 Å². The third-order valence-electron chi connectivity index (χ3n) is 3.13. The molecule has 0 amide bonds. The quantitative estimate of drug-likeness (QED) is 0.751. The second-order valence-electron chi connectivity index (χ2n) is 4.54. The van der Waals surface area contributed by atoms with Gasteiger partial charge in [0.25, 0.3) is 0 Å². The largest absolute Gasteiger partial charge is 0.493 e. The normalized spacial score (nSPS) is 10.2. The van der Waals surface area contributed by atoms with Crippen LogP contribution in [0.3, 0.4) is 0 Å². The molecular formula is C15H20N4O2. The van der Waals surface area contributed by atoms with E-state index in [1.54, 1.807) is 26.4 Å². The van der Waals surface area contributed by atoms with E-state index in [9.17, 15) is 0 Å². The Hall–Kier alpha value is -2.63. The molecule has 2 rings (SSSR count). The number of nitrogens with zero attached hydrogens (tertiary/aromatic N) is 1. The first-order valence-corrected chi connectivity index (χ1v) is 6.61. The van der Waals surface area contributed by atoms with Crippen molar-refractivity contribution >= 4 is 17.3 Å². The average Bonchev–Trinajstić information content (AvgIpc) is 2.50. The van der Waals surface area contributed by atoms with Gasteiger partial charge in [-0.05, 0) is 36.2 Å². The van der Waals surface area contributed by atoms with E-state index in [2.05, 4.69) is 10.3 Å². The third-order valence-corrected chi connectivity index (χ3v) is 3.13. The van der Waals surface area contributed by atoms with Crippen molar-refractivity contribution in [3.05, 3.63) is 35.9 Å². The molecule has 0 fully saturated rings. The lowest BCUT2D eigenvalue weighted by molar-refractivity contribution is 0.354. The molecule has 1 heterocycles. The van der Waals surface area contributed by atoms with Crippen molar-refractivity contribution < 1.29 is 9.47 Å². The number of anilines is 3. The molecule has 0 atom stereocenters. The number of pyridine rings is 1. The van der Waals surface area contributed by atoms with E-state index in [4.69, 9.17) is 20.9 Å². The van der Waals surface area contributed by atoms with Gasteiger partial charge in [0.05, 0.1) is 19.9 Å². The summed E-state index contributed by atoms with van der Waals surface area (Å²) in [5.74, 6) is 2.50. The zero-order chi connectivity index (χ0) is 15.2. The molecule has 6 heteroatoms. The Morgan fingerprint density at radius 3 is 2.48 bits per heavy atom. The number of ether oxygens (including phenoxy) is 2. The van der Waals surface area contributed by atoms with E-state index in [1.165, 1.54) is 0 Å². The molecule has 21 heavy (non-hydrogen) atoms. The summed E-state index contributed by atoms with van der Waals surface area (Å²) in [6, 6.07) is 9.41. The maximum absolute atomic E-state index is 5.67. The maximum atomic E-state index is 5.67. The van der Waals surface area contributed by atoms with E-state index in [0.717, 1.165) is 30.0 Å². The van der Waals surface area contributed by atoms with Gasteiger partial charge in [0, 0.05) is 6.54 Å². The number of hydrogen-bond acceptors (Lipinski definition) is 6. The van der Waals surface area contributed by atoms with E-state index in [0.29, 0.717) is 17.3 Å². The summed E-state index contributed by atoms with van der Waals surface area (Å²) < 4.78 is 10.5. The van der Waals surface area contributed by atoms with Crippen molar-refractivity contribution in [2.24, 2.45) is 0 Å². The summed E-state index contributed by atoms with van der Waals surface area (Å²) in [4.78, 5) is 4.16. The second-order valence-corrected chi connectivity index (χ2v) is 4.54. The van der Waals surface area contributed by atoms with Crippen LogP contribution >= 0.6 is 0 Å². The van der Waals surface area contributed by atoms with Crippen LogP contribution in [0.4, 0.5) is 17.3 Å². The van der Waals surface area contributed by atoms with Gasteiger partial charge in [0.15, 0.2) is 11.5 Å². The van der Waals surface area contributed by atoms with Crippen LogP contribution in [0.15, 0.2) is 30.3 Å². The van der Waals surface area contributed by atoms with E-state index in [1.807, 2.05) is 18.2 Å². The number of hydrogen-bond donors (Lipinski definition) is 3. The van der Waals surface area contributed by atoms with Crippen molar-refractivity contribution in [3.63, 3.8) is 0 Å². The Balaban J connectivity index is 1.95. The molecule has 2 aromatic rings. The number of benzene rings is 1. The van der Waals surface area contributed by atoms with Crippen LogP contribution in [-0.2, 0) is 6.42 Å². The van der Waals surface area contributed by atoms with Gasteiger partial charge in [-0.3, -0.25) is 0 Å². The van der Waals surface area contributed by atoms with Crippen LogP contribution in [0.5, 0.6) is 11.5 Å². The molecule has 0 spiro atoms. The monoisotopic (exact) mass is 288 g/mol. The molecule has 0 aliphatic heterocycles. The fourth-order valence-corrected chi connectivity index (χ4v) is 1.96. The molecule has 0 saturated heterocycles. The Morgan fingerprint density at radius 1 is 1.05 bits per heavy atom. The molecule has 0 bridgehead atoms. The average molecular weight is 288 g/mol. The molecule has 0 aliphatic rings. The first-order chi connectivity index (χ1) is 10.1. The van der Waals surface area contributed by atoms with Gasteiger partial charge in [-0.2, -0.15) is 0 Å². The third kappa shape index (κ3) is 3.68. The molecule has 112 valence electrons. The highest BCUT2D eigenvalue weighted by Gasteiger charge is 2.04. The topological polar surface area (TPSA) is 95.4 Å². The minimum Gasteiger partial charge on any atom is -0.493 e. The number of rotatable bonds is 6. The summed E-state index contributed by atoms with van der Waals surface area (Å²) in [6.45, 7) is 0.728. The van der Waals surface area contributed by atoms with E-state index >= 15 is 0 Å². The second kappa shape index (κ2) is 6.69. The molecule has 0 radical (unpaired) electrons. The molecule has 0 aliphatic carbocycles. The maximum Gasteiger partial charge on any atom is 0.160 e. The highest BCUT2D eigenvalue weighted by molar-refractivity contribution is 5.61. The summed E-state index contributed by atoms with van der Waals surface area (Å²) >= 11 is 0. The van der Waals surface area contributed by atoms with Crippen molar-refractivity contribution in [2.75, 3.05) is 37.5 Å². The molecular weight excluding hydrogens is 268 g/mol. The van der Waals surface area contributed by atoms with Crippen LogP contribution in [0.25, 0.3) is 0 Å². The lowest BCUT2D eigenvalue weighted by Gasteiger charge is -2.10. The highest BCUT2D eigenvalue weighted by atomic mass is 16.5. The molecule has 6 nitrogen and oxygen atoms in total. The number of nitrogens with one attached hydrogen (secondary N) is 1. The number of nitrogens with two attached hydrogens (primary N) is 2. The van der Waals surface area contributed by atoms with Crippen molar-refractivity contribution in [1.29, 1.82) is 0 Å². The Morgan fingerprint density at radius 2 is 1.81 bits per heavy atom. The predicted octanol–water partition coefficient (Wildman–Crippen LogP) is 1.92. The van der Waals surface area contributed by atoms with Crippen molar-refractivity contribution in [1.82, 2.24) is 4.98 Å². The summed E-state index contributed by atoms with van der Waals surface area (Å²) in [7, 11) is 3.25. The molecule has 0 unspecified atom stereocenters. The molecule has 1 aromatic heterocycles. The van der Waals surface area contributed by atoms with Gasteiger partial charge >= 0.3 is 0 Å². The number of aromatic nitrogens is 1. The predicted molar refractivity (Wildman–Crippen MR) is 84.8 cm³/mol. The Bertz CT molecular complexity index is 617. The van der Waals surface area contributed by atoms with Crippen molar-refractivity contribution in [2.45, 2.75) is 6.42 Å². The van der Waals surface area contributed by atoms with Crippen LogP contribution in [0.1, 0.15) is 5.56 Å². The number of nitrogen functional groups attached to an aromatic ring is 2. The van der Waals surface area contributed by atoms with Crippen LogP contribution < -0.4 is 26.3 Å². The molecule has 0 saturated carbocycles. The van der Waals surface area contributed by atoms with Gasteiger partial charge in [0.1, 0.15) is 11.6 Å². The minimum atomic E-state index is 0.339.